The van der Waals surface area contributed by atoms with E-state index in [0.29, 0.717) is 11.4 Å². The van der Waals surface area contributed by atoms with Crippen LogP contribution in [0.5, 0.6) is 0 Å². The highest BCUT2D eigenvalue weighted by Crippen LogP contribution is 2.30. The van der Waals surface area contributed by atoms with Gasteiger partial charge in [-0.15, -0.1) is 0 Å². The first-order chi connectivity index (χ1) is 13.7. The molecule has 5 nitrogen and oxygen atoms in total. The predicted molar refractivity (Wildman–Crippen MR) is 99.3 cm³/mol. The maximum atomic E-state index is 13.0. The van der Waals surface area contributed by atoms with E-state index < -0.39 is 29.0 Å². The fourth-order valence-corrected chi connectivity index (χ4v) is 2.67. The second kappa shape index (κ2) is 7.78. The van der Waals surface area contributed by atoms with Crippen LogP contribution in [0.1, 0.15) is 21.6 Å². The number of nitrogens with zero attached hydrogens (tertiary/aromatic N) is 1. The second-order valence-electron chi connectivity index (χ2n) is 6.16. The number of pyridine rings is 1. The van der Waals surface area contributed by atoms with Gasteiger partial charge in [-0.25, -0.2) is 4.39 Å². The predicted octanol–water partition coefficient (Wildman–Crippen LogP) is 4.06. The van der Waals surface area contributed by atoms with Crippen LogP contribution in [-0.2, 0) is 6.18 Å². The first-order valence-corrected chi connectivity index (χ1v) is 8.39. The molecule has 1 aromatic heterocycles. The lowest BCUT2D eigenvalue weighted by molar-refractivity contribution is -0.137. The highest BCUT2D eigenvalue weighted by molar-refractivity contribution is 5.94. The maximum absolute atomic E-state index is 13.0. The summed E-state index contributed by atoms with van der Waals surface area (Å²) in [7, 11) is 0. The van der Waals surface area contributed by atoms with Crippen molar-refractivity contribution in [2.75, 3.05) is 5.43 Å². The molecular weight excluding hydrogens is 390 g/mol. The first kappa shape index (κ1) is 20.1. The van der Waals surface area contributed by atoms with Gasteiger partial charge in [0.05, 0.1) is 11.3 Å². The molecule has 9 heteroatoms. The van der Waals surface area contributed by atoms with Gasteiger partial charge in [0.25, 0.3) is 11.5 Å². The lowest BCUT2D eigenvalue weighted by Gasteiger charge is -2.14. The minimum Gasteiger partial charge on any atom is -0.298 e. The van der Waals surface area contributed by atoms with E-state index in [1.165, 1.54) is 48.5 Å². The molecule has 0 aliphatic rings. The third-order valence-corrected chi connectivity index (χ3v) is 4.12. The molecular formula is C20H15F4N3O2. The zero-order chi connectivity index (χ0) is 21.2. The third-order valence-electron chi connectivity index (χ3n) is 4.12. The van der Waals surface area contributed by atoms with Crippen molar-refractivity contribution in [2.24, 2.45) is 0 Å². The Labute approximate surface area is 162 Å². The number of carbonyl (C=O) groups excluding carboxylic acids is 1. The van der Waals surface area contributed by atoms with Crippen molar-refractivity contribution in [2.45, 2.75) is 13.1 Å². The van der Waals surface area contributed by atoms with Gasteiger partial charge in [-0.1, -0.05) is 6.07 Å². The number of hydrogen-bond donors (Lipinski definition) is 2. The summed E-state index contributed by atoms with van der Waals surface area (Å²) >= 11 is 0. The third kappa shape index (κ3) is 4.45. The van der Waals surface area contributed by atoms with Crippen LogP contribution >= 0.6 is 0 Å². The summed E-state index contributed by atoms with van der Waals surface area (Å²) in [5, 5.41) is 0. The van der Waals surface area contributed by atoms with E-state index in [-0.39, 0.29) is 11.3 Å². The van der Waals surface area contributed by atoms with Crippen molar-refractivity contribution in [3.8, 4) is 5.69 Å². The second-order valence-corrected chi connectivity index (χ2v) is 6.16. The maximum Gasteiger partial charge on any atom is 0.416 e. The van der Waals surface area contributed by atoms with E-state index in [9.17, 15) is 27.2 Å². The number of carbonyl (C=O) groups is 1. The summed E-state index contributed by atoms with van der Waals surface area (Å²) in [5.41, 5.74) is 3.61. The molecule has 0 bridgehead atoms. The van der Waals surface area contributed by atoms with E-state index in [4.69, 9.17) is 0 Å². The molecule has 2 aromatic carbocycles. The molecule has 3 aromatic rings. The Hall–Kier alpha value is -3.62. The Bertz CT molecular complexity index is 1110. The van der Waals surface area contributed by atoms with Crippen LogP contribution in [0.25, 0.3) is 5.69 Å². The fourth-order valence-electron chi connectivity index (χ4n) is 2.67. The summed E-state index contributed by atoms with van der Waals surface area (Å²) < 4.78 is 52.9. The zero-order valence-electron chi connectivity index (χ0n) is 15.0. The molecule has 2 N–H and O–H groups in total. The molecule has 0 saturated heterocycles. The number of amides is 1. The van der Waals surface area contributed by atoms with E-state index >= 15 is 0 Å². The lowest BCUT2D eigenvalue weighted by atomic mass is 10.1. The van der Waals surface area contributed by atoms with Crippen LogP contribution < -0.4 is 16.4 Å². The van der Waals surface area contributed by atoms with Crippen LogP contribution in [0.15, 0.2) is 65.5 Å². The van der Waals surface area contributed by atoms with E-state index in [1.807, 2.05) is 0 Å². The van der Waals surface area contributed by atoms with Crippen molar-refractivity contribution in [3.63, 3.8) is 0 Å². The number of aryl methyl sites for hydroxylation is 1. The molecule has 0 spiro atoms. The van der Waals surface area contributed by atoms with Gasteiger partial charge in [0, 0.05) is 11.4 Å². The average molecular weight is 405 g/mol. The van der Waals surface area contributed by atoms with E-state index in [1.54, 1.807) is 6.92 Å². The summed E-state index contributed by atoms with van der Waals surface area (Å²) in [6, 6.07) is 12.1. The molecule has 29 heavy (non-hydrogen) atoms. The van der Waals surface area contributed by atoms with Crippen molar-refractivity contribution in [1.29, 1.82) is 0 Å². The molecule has 1 amide bonds. The topological polar surface area (TPSA) is 63.1 Å². The summed E-state index contributed by atoms with van der Waals surface area (Å²) in [5.74, 6) is -1.25. The number of hydrogen-bond acceptors (Lipinski definition) is 3. The number of alkyl halides is 3. The molecule has 0 aliphatic carbocycles. The molecule has 0 unspecified atom stereocenters. The number of halogens is 4. The minimum absolute atomic E-state index is 0.0107. The smallest absolute Gasteiger partial charge is 0.298 e. The number of aromatic nitrogens is 1. The van der Waals surface area contributed by atoms with Crippen molar-refractivity contribution >= 4 is 11.6 Å². The van der Waals surface area contributed by atoms with Gasteiger partial charge in [0.2, 0.25) is 0 Å². The normalized spacial score (nSPS) is 11.2. The fraction of sp³-hybridized carbons (Fsp3) is 0.100. The highest BCUT2D eigenvalue weighted by atomic mass is 19.4. The minimum atomic E-state index is -4.57. The van der Waals surface area contributed by atoms with E-state index in [2.05, 4.69) is 10.9 Å². The Kier molecular flexibility index (Phi) is 5.40. The molecule has 0 aliphatic heterocycles. The number of hydrazine groups is 1. The molecule has 0 radical (unpaired) electrons. The van der Waals surface area contributed by atoms with Gasteiger partial charge < -0.3 is 0 Å². The molecule has 0 saturated carbocycles. The molecule has 0 atom stereocenters. The quantitative estimate of drug-likeness (QED) is 0.508. The molecule has 3 rings (SSSR count). The van der Waals surface area contributed by atoms with Crippen LogP contribution in [0.3, 0.4) is 0 Å². The zero-order valence-corrected chi connectivity index (χ0v) is 15.0. The summed E-state index contributed by atoms with van der Waals surface area (Å²) in [6.45, 7) is 1.54. The van der Waals surface area contributed by atoms with Crippen LogP contribution in [0.2, 0.25) is 0 Å². The summed E-state index contributed by atoms with van der Waals surface area (Å²) in [6.07, 6.45) is -4.57. The number of anilines is 1. The number of rotatable bonds is 4. The molecule has 1 heterocycles. The SMILES string of the molecule is Cc1ccc(C(=O)NNc2ccc(F)cc2)c(=O)n1-c1cccc(C(F)(F)F)c1. The Morgan fingerprint density at radius 2 is 1.69 bits per heavy atom. The first-order valence-electron chi connectivity index (χ1n) is 8.39. The Morgan fingerprint density at radius 3 is 2.34 bits per heavy atom. The Balaban J connectivity index is 1.92. The Morgan fingerprint density at radius 1 is 1.00 bits per heavy atom. The van der Waals surface area contributed by atoms with Crippen molar-refractivity contribution < 1.29 is 22.4 Å². The summed E-state index contributed by atoms with van der Waals surface area (Å²) in [4.78, 5) is 25.2. The van der Waals surface area contributed by atoms with Gasteiger partial charge in [-0.3, -0.25) is 25.0 Å². The molecule has 0 fully saturated rings. The van der Waals surface area contributed by atoms with Crippen LogP contribution in [0.4, 0.5) is 23.2 Å². The monoisotopic (exact) mass is 405 g/mol. The van der Waals surface area contributed by atoms with Gasteiger partial charge in [0.1, 0.15) is 11.4 Å². The standard InChI is InChI=1S/C20H15F4N3O2/c1-12-5-10-17(18(28)26-25-15-8-6-14(21)7-9-15)19(29)27(12)16-4-2-3-13(11-16)20(22,23)24/h2-11,25H,1H3,(H,26,28). The number of benzene rings is 2. The molecule has 150 valence electrons. The lowest BCUT2D eigenvalue weighted by Crippen LogP contribution is -2.36. The van der Waals surface area contributed by atoms with E-state index in [0.717, 1.165) is 16.7 Å². The van der Waals surface area contributed by atoms with Gasteiger partial charge in [0.15, 0.2) is 0 Å². The van der Waals surface area contributed by atoms with Crippen molar-refractivity contribution in [1.82, 2.24) is 9.99 Å². The van der Waals surface area contributed by atoms with Crippen LogP contribution in [-0.4, -0.2) is 10.5 Å². The van der Waals surface area contributed by atoms with Gasteiger partial charge in [-0.2, -0.15) is 13.2 Å². The number of nitrogens with one attached hydrogen (secondary N) is 2. The highest BCUT2D eigenvalue weighted by Gasteiger charge is 2.30. The van der Waals surface area contributed by atoms with Gasteiger partial charge >= 0.3 is 6.18 Å². The van der Waals surface area contributed by atoms with Crippen LogP contribution in [0, 0.1) is 12.7 Å². The largest absolute Gasteiger partial charge is 0.416 e. The van der Waals surface area contributed by atoms with Gasteiger partial charge in [-0.05, 0) is 61.5 Å². The van der Waals surface area contributed by atoms with Crippen molar-refractivity contribution in [3.05, 3.63) is 93.7 Å². The average Bonchev–Trinajstić information content (AvgIpc) is 2.67.